The normalized spacial score (nSPS) is 13.6. The Labute approximate surface area is 188 Å². The number of carbonyl (C=O) groups is 2. The fourth-order valence-corrected chi connectivity index (χ4v) is 3.63. The summed E-state index contributed by atoms with van der Waals surface area (Å²) >= 11 is 0. The van der Waals surface area contributed by atoms with Gasteiger partial charge in [0, 0.05) is 41.3 Å². The lowest BCUT2D eigenvalue weighted by molar-refractivity contribution is -0.110. The minimum Gasteiger partial charge on any atom is -0.457 e. The maximum Gasteiger partial charge on any atom is 0.256 e. The number of hydrogen-bond acceptors (Lipinski definition) is 4. The molecular formula is C26H18FN3O3. The van der Waals surface area contributed by atoms with E-state index in [9.17, 15) is 14.0 Å². The number of furan rings is 1. The van der Waals surface area contributed by atoms with Crippen LogP contribution < -0.4 is 10.6 Å². The number of pyridine rings is 1. The van der Waals surface area contributed by atoms with Crippen LogP contribution in [0.3, 0.4) is 0 Å². The molecule has 0 saturated carbocycles. The van der Waals surface area contributed by atoms with Crippen molar-refractivity contribution in [3.63, 3.8) is 0 Å². The molecule has 0 bridgehead atoms. The van der Waals surface area contributed by atoms with Gasteiger partial charge in [-0.3, -0.25) is 14.6 Å². The Balaban J connectivity index is 1.35. The van der Waals surface area contributed by atoms with Gasteiger partial charge in [0.05, 0.1) is 5.57 Å². The fraction of sp³-hybridized carbons (Fsp3) is 0.0385. The van der Waals surface area contributed by atoms with Crippen molar-refractivity contribution in [3.05, 3.63) is 107 Å². The van der Waals surface area contributed by atoms with E-state index in [1.165, 1.54) is 18.2 Å². The summed E-state index contributed by atoms with van der Waals surface area (Å²) in [5.41, 5.74) is 3.55. The first-order chi connectivity index (χ1) is 16.1. The van der Waals surface area contributed by atoms with Gasteiger partial charge in [0.25, 0.3) is 11.8 Å². The van der Waals surface area contributed by atoms with E-state index in [1.54, 1.807) is 48.8 Å². The quantitative estimate of drug-likeness (QED) is 0.433. The van der Waals surface area contributed by atoms with Crippen molar-refractivity contribution in [2.75, 3.05) is 5.32 Å². The van der Waals surface area contributed by atoms with Crippen LogP contribution in [-0.4, -0.2) is 16.8 Å². The molecule has 0 saturated heterocycles. The van der Waals surface area contributed by atoms with Crippen LogP contribution in [0.25, 0.3) is 23.0 Å². The van der Waals surface area contributed by atoms with Crippen molar-refractivity contribution in [2.24, 2.45) is 0 Å². The second-order valence-corrected chi connectivity index (χ2v) is 7.52. The lowest BCUT2D eigenvalue weighted by Crippen LogP contribution is -2.22. The Morgan fingerprint density at radius 1 is 1.06 bits per heavy atom. The second-order valence-electron chi connectivity index (χ2n) is 7.52. The summed E-state index contributed by atoms with van der Waals surface area (Å²) in [6.45, 7) is 0.397. The Bertz CT molecular complexity index is 1390. The van der Waals surface area contributed by atoms with Crippen molar-refractivity contribution in [3.8, 4) is 11.3 Å². The smallest absolute Gasteiger partial charge is 0.256 e. The van der Waals surface area contributed by atoms with E-state index in [-0.39, 0.29) is 11.8 Å². The first-order valence-electron chi connectivity index (χ1n) is 10.3. The van der Waals surface area contributed by atoms with Crippen LogP contribution in [0.15, 0.2) is 83.5 Å². The van der Waals surface area contributed by atoms with E-state index in [1.807, 2.05) is 18.2 Å². The topological polar surface area (TPSA) is 84.2 Å². The predicted molar refractivity (Wildman–Crippen MR) is 122 cm³/mol. The molecule has 0 unspecified atom stereocenters. The van der Waals surface area contributed by atoms with Gasteiger partial charge in [-0.1, -0.05) is 12.1 Å². The van der Waals surface area contributed by atoms with Gasteiger partial charge in [-0.25, -0.2) is 4.39 Å². The Morgan fingerprint density at radius 3 is 2.76 bits per heavy atom. The van der Waals surface area contributed by atoms with Crippen LogP contribution in [0.1, 0.15) is 27.2 Å². The van der Waals surface area contributed by atoms with Crippen LogP contribution in [0.4, 0.5) is 10.1 Å². The lowest BCUT2D eigenvalue weighted by atomic mass is 10.1. The molecule has 2 N–H and O–H groups in total. The van der Waals surface area contributed by atoms with E-state index < -0.39 is 5.82 Å². The summed E-state index contributed by atoms with van der Waals surface area (Å²) in [5, 5.41) is 5.60. The zero-order chi connectivity index (χ0) is 22.8. The van der Waals surface area contributed by atoms with E-state index >= 15 is 0 Å². The molecule has 0 spiro atoms. The summed E-state index contributed by atoms with van der Waals surface area (Å²) in [6, 6.07) is 18.4. The van der Waals surface area contributed by atoms with Crippen LogP contribution in [0, 0.1) is 5.82 Å². The van der Waals surface area contributed by atoms with Gasteiger partial charge in [-0.15, -0.1) is 0 Å². The summed E-state index contributed by atoms with van der Waals surface area (Å²) in [4.78, 5) is 28.9. The molecule has 33 heavy (non-hydrogen) atoms. The lowest BCUT2D eigenvalue weighted by Gasteiger charge is -2.06. The molecule has 0 aliphatic carbocycles. The number of amides is 2. The molecule has 7 heteroatoms. The first-order valence-corrected chi connectivity index (χ1v) is 10.3. The second kappa shape index (κ2) is 8.55. The number of carbonyl (C=O) groups excluding carboxylic acids is 2. The van der Waals surface area contributed by atoms with E-state index in [4.69, 9.17) is 4.42 Å². The van der Waals surface area contributed by atoms with Gasteiger partial charge in [0.1, 0.15) is 17.3 Å². The third-order valence-corrected chi connectivity index (χ3v) is 5.29. The molecule has 3 heterocycles. The molecular weight excluding hydrogens is 421 g/mol. The molecule has 2 amide bonds. The van der Waals surface area contributed by atoms with Gasteiger partial charge in [0.15, 0.2) is 0 Å². The number of anilines is 1. The monoisotopic (exact) mass is 439 g/mol. The highest BCUT2D eigenvalue weighted by Crippen LogP contribution is 2.34. The number of nitrogens with zero attached hydrogens (tertiary/aromatic N) is 1. The number of benzene rings is 2. The van der Waals surface area contributed by atoms with Gasteiger partial charge in [-0.05, 0) is 66.2 Å². The summed E-state index contributed by atoms with van der Waals surface area (Å²) in [5.74, 6) is 0.0452. The number of rotatable bonds is 5. The minimum atomic E-state index is -0.421. The van der Waals surface area contributed by atoms with Crippen LogP contribution in [0.5, 0.6) is 0 Å². The highest BCUT2D eigenvalue weighted by molar-refractivity contribution is 6.34. The maximum absolute atomic E-state index is 13.7. The molecule has 0 atom stereocenters. The molecule has 1 aliphatic rings. The standard InChI is InChI=1S/C26H18FN3O3/c27-19-4-6-23-21(13-19)22(26(32)30-23)14-20-5-7-24(33-20)17-2-1-3-18(12-17)25(31)29-15-16-8-10-28-11-9-16/h1-14H,15H2,(H,29,31)(H,30,32). The molecule has 0 fully saturated rings. The van der Waals surface area contributed by atoms with Crippen LogP contribution in [0.2, 0.25) is 0 Å². The van der Waals surface area contributed by atoms with Crippen molar-refractivity contribution in [1.82, 2.24) is 10.3 Å². The van der Waals surface area contributed by atoms with Crippen molar-refractivity contribution < 1.29 is 18.4 Å². The molecule has 5 rings (SSSR count). The predicted octanol–water partition coefficient (Wildman–Crippen LogP) is 4.90. The summed E-state index contributed by atoms with van der Waals surface area (Å²) in [7, 11) is 0. The molecule has 162 valence electrons. The SMILES string of the molecule is O=C1Nc2ccc(F)cc2C1=Cc1ccc(-c2cccc(C(=O)NCc3ccncc3)c2)o1. The van der Waals surface area contributed by atoms with Crippen molar-refractivity contribution in [1.29, 1.82) is 0 Å². The molecule has 2 aromatic carbocycles. The van der Waals surface area contributed by atoms with Gasteiger partial charge < -0.3 is 15.1 Å². The maximum atomic E-state index is 13.7. The highest BCUT2D eigenvalue weighted by Gasteiger charge is 2.25. The van der Waals surface area contributed by atoms with E-state index in [0.717, 1.165) is 11.1 Å². The number of aromatic nitrogens is 1. The number of nitrogens with one attached hydrogen (secondary N) is 2. The van der Waals surface area contributed by atoms with E-state index in [2.05, 4.69) is 15.6 Å². The Hall–Kier alpha value is -4.52. The zero-order valence-corrected chi connectivity index (χ0v) is 17.3. The van der Waals surface area contributed by atoms with Crippen molar-refractivity contribution in [2.45, 2.75) is 6.54 Å². The highest BCUT2D eigenvalue weighted by atomic mass is 19.1. The average Bonchev–Trinajstić information content (AvgIpc) is 3.43. The van der Waals surface area contributed by atoms with Crippen molar-refractivity contribution >= 4 is 29.2 Å². The van der Waals surface area contributed by atoms with Gasteiger partial charge in [-0.2, -0.15) is 0 Å². The summed E-state index contributed by atoms with van der Waals surface area (Å²) in [6.07, 6.45) is 4.93. The third kappa shape index (κ3) is 4.29. The molecule has 4 aromatic rings. The van der Waals surface area contributed by atoms with Crippen LogP contribution in [-0.2, 0) is 11.3 Å². The molecule has 1 aliphatic heterocycles. The molecule has 0 radical (unpaired) electrons. The molecule has 2 aromatic heterocycles. The minimum absolute atomic E-state index is 0.205. The molecule has 6 nitrogen and oxygen atoms in total. The fourth-order valence-electron chi connectivity index (χ4n) is 3.63. The van der Waals surface area contributed by atoms with Crippen LogP contribution >= 0.6 is 0 Å². The Morgan fingerprint density at radius 2 is 1.91 bits per heavy atom. The third-order valence-electron chi connectivity index (χ3n) is 5.29. The van der Waals surface area contributed by atoms with Gasteiger partial charge >= 0.3 is 0 Å². The summed E-state index contributed by atoms with van der Waals surface area (Å²) < 4.78 is 19.6. The van der Waals surface area contributed by atoms with Gasteiger partial charge in [0.2, 0.25) is 0 Å². The largest absolute Gasteiger partial charge is 0.457 e. The zero-order valence-electron chi connectivity index (χ0n) is 17.3. The average molecular weight is 439 g/mol. The number of fused-ring (bicyclic) bond motifs is 1. The first kappa shape index (κ1) is 20.4. The Kier molecular flexibility index (Phi) is 5.28. The number of hydrogen-bond donors (Lipinski definition) is 2. The number of halogens is 1. The van der Waals surface area contributed by atoms with E-state index in [0.29, 0.717) is 40.5 Å².